The maximum Gasteiger partial charge on any atom is 0.0656 e. The molecule has 0 radical (unpaired) electrons. The summed E-state index contributed by atoms with van der Waals surface area (Å²) >= 11 is 0. The van der Waals surface area contributed by atoms with E-state index < -0.39 is 0 Å². The molecule has 0 unspecified atom stereocenters. The van der Waals surface area contributed by atoms with Crippen molar-refractivity contribution in [3.05, 3.63) is 18.4 Å². The Bertz CT molecular complexity index is 233. The fraction of sp³-hybridized carbons (Fsp3) is 0.700. The molecule has 1 aromatic heterocycles. The van der Waals surface area contributed by atoms with Gasteiger partial charge in [0.1, 0.15) is 0 Å². The van der Waals surface area contributed by atoms with Crippen LogP contribution >= 0.6 is 0 Å². The van der Waals surface area contributed by atoms with E-state index in [1.54, 1.807) is 12.4 Å². The average molecular weight is 167 g/mol. The molecule has 1 rings (SSSR count). The van der Waals surface area contributed by atoms with Crippen molar-refractivity contribution in [3.63, 3.8) is 0 Å². The highest BCUT2D eigenvalue weighted by Gasteiger charge is 1.90. The van der Waals surface area contributed by atoms with E-state index in [2.05, 4.69) is 12.0 Å². The summed E-state index contributed by atoms with van der Waals surface area (Å²) in [6, 6.07) is 0.508. The molecular weight excluding hydrogens is 148 g/mol. The smallest absolute Gasteiger partial charge is 0.0656 e. The van der Waals surface area contributed by atoms with Gasteiger partial charge in [-0.1, -0.05) is 32.6 Å². The molecule has 0 saturated heterocycles. The molecule has 0 fully saturated rings. The van der Waals surface area contributed by atoms with Gasteiger partial charge in [-0.2, -0.15) is 5.10 Å². The Morgan fingerprint density at radius 2 is 2.17 bits per heavy atom. The van der Waals surface area contributed by atoms with Gasteiger partial charge in [-0.25, -0.2) is 0 Å². The SMILES string of the molecule is [2H]c1cnn(CCCCCCC)c1. The summed E-state index contributed by atoms with van der Waals surface area (Å²) in [4.78, 5) is 0. The number of aryl methyl sites for hydroxylation is 1. The Morgan fingerprint density at radius 3 is 2.83 bits per heavy atom. The Kier molecular flexibility index (Phi) is 3.79. The van der Waals surface area contributed by atoms with Gasteiger partial charge in [0.15, 0.2) is 0 Å². The monoisotopic (exact) mass is 167 g/mol. The third-order valence-electron chi connectivity index (χ3n) is 1.99. The van der Waals surface area contributed by atoms with E-state index in [0.717, 1.165) is 6.54 Å². The zero-order chi connectivity index (χ0) is 9.52. The normalized spacial score (nSPS) is 11.6. The fourth-order valence-corrected chi connectivity index (χ4v) is 1.26. The molecule has 2 heteroatoms. The summed E-state index contributed by atoms with van der Waals surface area (Å²) in [5, 5.41) is 4.06. The number of unbranched alkanes of at least 4 members (excludes halogenated alkanes) is 4. The lowest BCUT2D eigenvalue weighted by molar-refractivity contribution is 0.533. The van der Waals surface area contributed by atoms with E-state index in [0.29, 0.717) is 6.04 Å². The number of hydrogen-bond donors (Lipinski definition) is 0. The summed E-state index contributed by atoms with van der Waals surface area (Å²) in [5.41, 5.74) is 0. The zero-order valence-corrected chi connectivity index (χ0v) is 7.79. The molecule has 0 bridgehead atoms. The highest BCUT2D eigenvalue weighted by molar-refractivity contribution is 4.77. The lowest BCUT2D eigenvalue weighted by Crippen LogP contribution is -1.97. The Morgan fingerprint density at radius 1 is 1.33 bits per heavy atom. The van der Waals surface area contributed by atoms with E-state index in [1.807, 2.05) is 4.68 Å². The molecule has 0 aliphatic heterocycles. The third-order valence-corrected chi connectivity index (χ3v) is 1.99. The average Bonchev–Trinajstić information content (AvgIpc) is 2.51. The van der Waals surface area contributed by atoms with Gasteiger partial charge in [-0.15, -0.1) is 0 Å². The number of nitrogens with zero attached hydrogens (tertiary/aromatic N) is 2. The molecule has 1 aromatic rings. The highest BCUT2D eigenvalue weighted by atomic mass is 15.3. The van der Waals surface area contributed by atoms with Gasteiger partial charge in [0.05, 0.1) is 1.37 Å². The minimum Gasteiger partial charge on any atom is -0.273 e. The van der Waals surface area contributed by atoms with Crippen LogP contribution in [0.5, 0.6) is 0 Å². The number of aromatic nitrogens is 2. The van der Waals surface area contributed by atoms with Crippen LogP contribution in [0.3, 0.4) is 0 Å². The lowest BCUT2D eigenvalue weighted by Gasteiger charge is -2.00. The second-order valence-corrected chi connectivity index (χ2v) is 3.12. The van der Waals surface area contributed by atoms with Gasteiger partial charge >= 0.3 is 0 Å². The second-order valence-electron chi connectivity index (χ2n) is 3.12. The first-order valence-corrected chi connectivity index (χ1v) is 4.82. The van der Waals surface area contributed by atoms with Crippen molar-refractivity contribution in [2.75, 3.05) is 0 Å². The number of rotatable bonds is 6. The minimum atomic E-state index is 0.508. The fourth-order valence-electron chi connectivity index (χ4n) is 1.26. The van der Waals surface area contributed by atoms with E-state index in [4.69, 9.17) is 1.37 Å². The first kappa shape index (κ1) is 7.84. The molecule has 2 nitrogen and oxygen atoms in total. The van der Waals surface area contributed by atoms with Crippen molar-refractivity contribution in [2.24, 2.45) is 0 Å². The third kappa shape index (κ3) is 3.56. The summed E-state index contributed by atoms with van der Waals surface area (Å²) < 4.78 is 9.13. The number of hydrogen-bond acceptors (Lipinski definition) is 1. The second kappa shape index (κ2) is 5.81. The first-order valence-electron chi connectivity index (χ1n) is 5.32. The van der Waals surface area contributed by atoms with Crippen molar-refractivity contribution in [1.82, 2.24) is 9.78 Å². The molecular formula is C10H18N2. The van der Waals surface area contributed by atoms with Gasteiger partial charge in [0, 0.05) is 18.9 Å². The van der Waals surface area contributed by atoms with E-state index in [1.165, 1.54) is 32.1 Å². The maximum absolute atomic E-state index is 7.28. The Hall–Kier alpha value is -0.790. The standard InChI is InChI=1S/C10H18N2/c1-2-3-4-5-6-9-12-10-7-8-11-12/h7-8,10H,2-6,9H2,1H3/i7D. The topological polar surface area (TPSA) is 17.8 Å². The molecule has 0 N–H and O–H groups in total. The molecule has 12 heavy (non-hydrogen) atoms. The Labute approximate surface area is 76.0 Å². The van der Waals surface area contributed by atoms with Gasteiger partial charge in [0.25, 0.3) is 0 Å². The van der Waals surface area contributed by atoms with Crippen molar-refractivity contribution in [3.8, 4) is 0 Å². The minimum absolute atomic E-state index is 0.508. The summed E-state index contributed by atoms with van der Waals surface area (Å²) in [5.74, 6) is 0. The Balaban J connectivity index is 2.06. The van der Waals surface area contributed by atoms with E-state index in [-0.39, 0.29) is 0 Å². The van der Waals surface area contributed by atoms with Crippen molar-refractivity contribution in [2.45, 2.75) is 45.6 Å². The van der Waals surface area contributed by atoms with Gasteiger partial charge < -0.3 is 0 Å². The molecule has 68 valence electrons. The molecule has 0 spiro atoms. The lowest BCUT2D eigenvalue weighted by atomic mass is 10.1. The van der Waals surface area contributed by atoms with Crippen LogP contribution in [0.2, 0.25) is 0 Å². The molecule has 0 saturated carbocycles. The van der Waals surface area contributed by atoms with Crippen LogP contribution in [0.4, 0.5) is 0 Å². The predicted octanol–water partition coefficient (Wildman–Crippen LogP) is 2.85. The first-order chi connectivity index (χ1) is 6.33. The van der Waals surface area contributed by atoms with Crippen LogP contribution in [0.25, 0.3) is 0 Å². The molecule has 1 heterocycles. The van der Waals surface area contributed by atoms with Crippen molar-refractivity contribution < 1.29 is 1.37 Å². The highest BCUT2D eigenvalue weighted by Crippen LogP contribution is 2.03. The van der Waals surface area contributed by atoms with Gasteiger partial charge in [-0.3, -0.25) is 4.68 Å². The molecule has 0 aliphatic carbocycles. The summed E-state index contributed by atoms with van der Waals surface area (Å²) in [7, 11) is 0. The van der Waals surface area contributed by atoms with Crippen LogP contribution in [0.15, 0.2) is 18.4 Å². The predicted molar refractivity (Wildman–Crippen MR) is 51.0 cm³/mol. The molecule has 0 aliphatic rings. The van der Waals surface area contributed by atoms with Gasteiger partial charge in [0.2, 0.25) is 0 Å². The molecule has 0 atom stereocenters. The molecule has 0 amide bonds. The van der Waals surface area contributed by atoms with E-state index in [9.17, 15) is 0 Å². The van der Waals surface area contributed by atoms with E-state index >= 15 is 0 Å². The summed E-state index contributed by atoms with van der Waals surface area (Å²) in [6.07, 6.45) is 9.78. The summed E-state index contributed by atoms with van der Waals surface area (Å²) in [6.45, 7) is 3.18. The van der Waals surface area contributed by atoms with Crippen LogP contribution in [-0.2, 0) is 6.54 Å². The van der Waals surface area contributed by atoms with Crippen LogP contribution in [0, 0.1) is 0 Å². The van der Waals surface area contributed by atoms with Crippen LogP contribution < -0.4 is 0 Å². The largest absolute Gasteiger partial charge is 0.273 e. The molecule has 0 aromatic carbocycles. The van der Waals surface area contributed by atoms with Crippen molar-refractivity contribution in [1.29, 1.82) is 0 Å². The quantitative estimate of drug-likeness (QED) is 0.596. The van der Waals surface area contributed by atoms with Gasteiger partial charge in [-0.05, 0) is 12.5 Å². The zero-order valence-electron chi connectivity index (χ0n) is 8.79. The van der Waals surface area contributed by atoms with Crippen LogP contribution in [-0.4, -0.2) is 9.78 Å². The van der Waals surface area contributed by atoms with Crippen molar-refractivity contribution >= 4 is 0 Å². The maximum atomic E-state index is 7.28. The van der Waals surface area contributed by atoms with Crippen LogP contribution in [0.1, 0.15) is 40.4 Å².